The van der Waals surface area contributed by atoms with Crippen molar-refractivity contribution in [1.82, 2.24) is 5.32 Å². The molecule has 0 aliphatic carbocycles. The fraction of sp³-hybridized carbons (Fsp3) is 0.167. The summed E-state index contributed by atoms with van der Waals surface area (Å²) in [4.78, 5) is 22.7. The number of carbonyl (C=O) groups is 2. The standard InChI is InChI=1S/C12H8Cl2FNO3/c1-2-3-16-11(17)6-19-12(18)7-4-10(15)9(14)5-8(7)13/h1,4-5H,3,6H2,(H,16,17). The van der Waals surface area contributed by atoms with E-state index in [0.717, 1.165) is 12.1 Å². The molecule has 1 rings (SSSR count). The van der Waals surface area contributed by atoms with E-state index in [0.29, 0.717) is 0 Å². The number of terminal acetylenes is 1. The number of rotatable bonds is 4. The maximum Gasteiger partial charge on any atom is 0.340 e. The van der Waals surface area contributed by atoms with Gasteiger partial charge in [0.25, 0.3) is 5.91 Å². The van der Waals surface area contributed by atoms with Gasteiger partial charge in [0.05, 0.1) is 22.2 Å². The molecular weight excluding hydrogens is 296 g/mol. The highest BCUT2D eigenvalue weighted by Crippen LogP contribution is 2.24. The van der Waals surface area contributed by atoms with Crippen LogP contribution in [0.5, 0.6) is 0 Å². The third-order valence-corrected chi connectivity index (χ3v) is 2.55. The average Bonchev–Trinajstić information content (AvgIpc) is 2.37. The van der Waals surface area contributed by atoms with E-state index in [1.165, 1.54) is 0 Å². The molecule has 0 aromatic heterocycles. The van der Waals surface area contributed by atoms with Crippen LogP contribution in [0.3, 0.4) is 0 Å². The number of hydrogen-bond donors (Lipinski definition) is 1. The fourth-order valence-corrected chi connectivity index (χ4v) is 1.55. The van der Waals surface area contributed by atoms with E-state index in [1.54, 1.807) is 0 Å². The van der Waals surface area contributed by atoms with Crippen LogP contribution in [0.1, 0.15) is 10.4 Å². The predicted molar refractivity (Wildman–Crippen MR) is 68.5 cm³/mol. The van der Waals surface area contributed by atoms with E-state index >= 15 is 0 Å². The molecule has 1 aromatic carbocycles. The van der Waals surface area contributed by atoms with Gasteiger partial charge < -0.3 is 10.1 Å². The Hall–Kier alpha value is -1.77. The zero-order valence-corrected chi connectivity index (χ0v) is 11.0. The Bertz CT molecular complexity index is 555. The SMILES string of the molecule is C#CCNC(=O)COC(=O)c1cc(F)c(Cl)cc1Cl. The van der Waals surface area contributed by atoms with Crippen LogP contribution in [0, 0.1) is 18.2 Å². The third kappa shape index (κ3) is 4.43. The minimum atomic E-state index is -0.934. The first kappa shape index (κ1) is 15.3. The number of ether oxygens (including phenoxy) is 1. The number of carbonyl (C=O) groups excluding carboxylic acids is 2. The summed E-state index contributed by atoms with van der Waals surface area (Å²) in [5.41, 5.74) is -0.215. The van der Waals surface area contributed by atoms with Crippen LogP contribution in [-0.2, 0) is 9.53 Å². The van der Waals surface area contributed by atoms with Crippen molar-refractivity contribution in [2.45, 2.75) is 0 Å². The second-order valence-corrected chi connectivity index (χ2v) is 4.12. The van der Waals surface area contributed by atoms with Gasteiger partial charge in [-0.3, -0.25) is 4.79 Å². The fourth-order valence-electron chi connectivity index (χ4n) is 1.09. The van der Waals surface area contributed by atoms with Crippen molar-refractivity contribution >= 4 is 35.1 Å². The smallest absolute Gasteiger partial charge is 0.340 e. The van der Waals surface area contributed by atoms with Crippen LogP contribution in [0.2, 0.25) is 10.0 Å². The van der Waals surface area contributed by atoms with Crippen LogP contribution < -0.4 is 5.32 Å². The lowest BCUT2D eigenvalue weighted by Crippen LogP contribution is -2.29. The Morgan fingerprint density at radius 1 is 1.37 bits per heavy atom. The van der Waals surface area contributed by atoms with Crippen molar-refractivity contribution < 1.29 is 18.7 Å². The minimum Gasteiger partial charge on any atom is -0.452 e. The molecular formula is C12H8Cl2FNO3. The van der Waals surface area contributed by atoms with Gasteiger partial charge in [0.2, 0.25) is 0 Å². The lowest BCUT2D eigenvalue weighted by atomic mass is 10.2. The summed E-state index contributed by atoms with van der Waals surface area (Å²) in [5.74, 6) is -0.134. The Kier molecular flexibility index (Phi) is 5.61. The van der Waals surface area contributed by atoms with Crippen molar-refractivity contribution in [2.24, 2.45) is 0 Å². The highest BCUT2D eigenvalue weighted by atomic mass is 35.5. The molecule has 19 heavy (non-hydrogen) atoms. The topological polar surface area (TPSA) is 55.4 Å². The molecule has 0 fully saturated rings. The lowest BCUT2D eigenvalue weighted by Gasteiger charge is -2.07. The highest BCUT2D eigenvalue weighted by Gasteiger charge is 2.16. The van der Waals surface area contributed by atoms with Gasteiger partial charge >= 0.3 is 5.97 Å². The average molecular weight is 304 g/mol. The highest BCUT2D eigenvalue weighted by molar-refractivity contribution is 6.36. The molecule has 0 atom stereocenters. The summed E-state index contributed by atoms with van der Waals surface area (Å²) >= 11 is 11.2. The summed E-state index contributed by atoms with van der Waals surface area (Å²) in [6.07, 6.45) is 4.93. The van der Waals surface area contributed by atoms with Gasteiger partial charge in [-0.1, -0.05) is 29.1 Å². The molecule has 1 aromatic rings. The van der Waals surface area contributed by atoms with Crippen LogP contribution in [-0.4, -0.2) is 25.0 Å². The van der Waals surface area contributed by atoms with E-state index in [9.17, 15) is 14.0 Å². The van der Waals surface area contributed by atoms with Gasteiger partial charge in [-0.25, -0.2) is 9.18 Å². The summed E-state index contributed by atoms with van der Waals surface area (Å²) < 4.78 is 17.8. The molecule has 0 aliphatic heterocycles. The van der Waals surface area contributed by atoms with Gasteiger partial charge in [-0.15, -0.1) is 6.42 Å². The van der Waals surface area contributed by atoms with Gasteiger partial charge in [0.1, 0.15) is 5.82 Å². The molecule has 1 amide bonds. The molecule has 0 heterocycles. The number of nitrogens with one attached hydrogen (secondary N) is 1. The molecule has 0 saturated carbocycles. The first-order chi connectivity index (χ1) is 8.95. The number of amides is 1. The van der Waals surface area contributed by atoms with Crippen molar-refractivity contribution in [3.63, 3.8) is 0 Å². The van der Waals surface area contributed by atoms with Gasteiger partial charge in [-0.2, -0.15) is 0 Å². The van der Waals surface area contributed by atoms with Gasteiger partial charge in [-0.05, 0) is 12.1 Å². The number of esters is 1. The van der Waals surface area contributed by atoms with Gasteiger partial charge in [0, 0.05) is 0 Å². The van der Waals surface area contributed by atoms with E-state index in [2.05, 4.69) is 16.0 Å². The maximum atomic E-state index is 13.2. The van der Waals surface area contributed by atoms with Crippen molar-refractivity contribution in [2.75, 3.05) is 13.2 Å². The molecule has 0 radical (unpaired) electrons. The zero-order valence-electron chi connectivity index (χ0n) is 9.50. The Morgan fingerprint density at radius 2 is 2.05 bits per heavy atom. The molecule has 0 bridgehead atoms. The summed E-state index contributed by atoms with van der Waals surface area (Å²) in [6, 6.07) is 1.92. The van der Waals surface area contributed by atoms with Crippen LogP contribution in [0.25, 0.3) is 0 Å². The monoisotopic (exact) mass is 303 g/mol. The second kappa shape index (κ2) is 6.98. The summed E-state index contributed by atoms with van der Waals surface area (Å²) in [7, 11) is 0. The van der Waals surface area contributed by atoms with E-state index in [4.69, 9.17) is 29.6 Å². The van der Waals surface area contributed by atoms with E-state index < -0.39 is 24.3 Å². The third-order valence-electron chi connectivity index (χ3n) is 1.95. The molecule has 0 unspecified atom stereocenters. The largest absolute Gasteiger partial charge is 0.452 e. The molecule has 1 N–H and O–H groups in total. The molecule has 0 spiro atoms. The minimum absolute atomic E-state index is 0.0205. The Morgan fingerprint density at radius 3 is 2.68 bits per heavy atom. The molecule has 100 valence electrons. The van der Waals surface area contributed by atoms with Crippen LogP contribution >= 0.6 is 23.2 Å². The van der Waals surface area contributed by atoms with E-state index in [1.807, 2.05) is 0 Å². The molecule has 0 saturated heterocycles. The Labute approximate surface area is 118 Å². The van der Waals surface area contributed by atoms with Crippen molar-refractivity contribution in [3.8, 4) is 12.3 Å². The quantitative estimate of drug-likeness (QED) is 0.526. The number of halogens is 3. The first-order valence-electron chi connectivity index (χ1n) is 4.97. The number of hydrogen-bond acceptors (Lipinski definition) is 3. The zero-order chi connectivity index (χ0) is 14.4. The Balaban J connectivity index is 2.67. The maximum absolute atomic E-state index is 13.2. The summed E-state index contributed by atoms with van der Waals surface area (Å²) in [6.45, 7) is -0.520. The van der Waals surface area contributed by atoms with Gasteiger partial charge in [0.15, 0.2) is 6.61 Å². The first-order valence-corrected chi connectivity index (χ1v) is 5.73. The second-order valence-electron chi connectivity index (χ2n) is 3.30. The normalized spacial score (nSPS) is 9.58. The van der Waals surface area contributed by atoms with Crippen LogP contribution in [0.15, 0.2) is 12.1 Å². The number of benzene rings is 1. The molecule has 4 nitrogen and oxygen atoms in total. The molecule has 0 aliphatic rings. The van der Waals surface area contributed by atoms with Crippen molar-refractivity contribution in [3.05, 3.63) is 33.6 Å². The van der Waals surface area contributed by atoms with Crippen molar-refractivity contribution in [1.29, 1.82) is 0 Å². The predicted octanol–water partition coefficient (Wildman–Crippen LogP) is 2.04. The van der Waals surface area contributed by atoms with E-state index in [-0.39, 0.29) is 22.2 Å². The summed E-state index contributed by atoms with van der Waals surface area (Å²) in [5, 5.41) is 2.01. The molecule has 7 heteroatoms. The van der Waals surface area contributed by atoms with Crippen LogP contribution in [0.4, 0.5) is 4.39 Å². The lowest BCUT2D eigenvalue weighted by molar-refractivity contribution is -0.123.